The van der Waals surface area contributed by atoms with Crippen molar-refractivity contribution in [3.63, 3.8) is 0 Å². The Bertz CT molecular complexity index is 364. The number of hydrogen-bond donors (Lipinski definition) is 0. The van der Waals surface area contributed by atoms with E-state index in [-0.39, 0.29) is 0 Å². The van der Waals surface area contributed by atoms with Crippen molar-refractivity contribution in [3.8, 4) is 5.75 Å². The summed E-state index contributed by atoms with van der Waals surface area (Å²) >= 11 is 0. The van der Waals surface area contributed by atoms with E-state index >= 15 is 0 Å². The molecule has 0 radical (unpaired) electrons. The highest BCUT2D eigenvalue weighted by atomic mass is 16.6. The third-order valence-electron chi connectivity index (χ3n) is 3.51. The Balaban J connectivity index is 2.00. The lowest BCUT2D eigenvalue weighted by Crippen LogP contribution is -2.12. The molecule has 22 heavy (non-hydrogen) atoms. The zero-order valence-corrected chi connectivity index (χ0v) is 14.2. The average Bonchev–Trinajstić information content (AvgIpc) is 2.56. The molecule has 4 nitrogen and oxygen atoms in total. The van der Waals surface area contributed by atoms with E-state index in [0.29, 0.717) is 45.6 Å². The molecule has 1 unspecified atom stereocenters. The second-order valence-corrected chi connectivity index (χ2v) is 5.15. The van der Waals surface area contributed by atoms with E-state index in [9.17, 15) is 0 Å². The fourth-order valence-corrected chi connectivity index (χ4v) is 1.93. The van der Waals surface area contributed by atoms with Crippen LogP contribution in [0.4, 0.5) is 0 Å². The van der Waals surface area contributed by atoms with Gasteiger partial charge in [0, 0.05) is 6.61 Å². The molecule has 0 saturated heterocycles. The summed E-state index contributed by atoms with van der Waals surface area (Å²) in [4.78, 5) is 0. The van der Waals surface area contributed by atoms with Crippen molar-refractivity contribution in [2.45, 2.75) is 33.1 Å². The van der Waals surface area contributed by atoms with Crippen LogP contribution in [0.25, 0.3) is 0 Å². The Morgan fingerprint density at radius 1 is 0.773 bits per heavy atom. The maximum absolute atomic E-state index is 5.65. The van der Waals surface area contributed by atoms with Crippen LogP contribution in [0, 0.1) is 0 Å². The van der Waals surface area contributed by atoms with Gasteiger partial charge in [-0.15, -0.1) is 0 Å². The van der Waals surface area contributed by atoms with E-state index in [0.717, 1.165) is 18.8 Å². The molecule has 1 rings (SSSR count). The van der Waals surface area contributed by atoms with E-state index in [4.69, 9.17) is 18.9 Å². The van der Waals surface area contributed by atoms with Gasteiger partial charge in [-0.25, -0.2) is 0 Å². The van der Waals surface area contributed by atoms with Gasteiger partial charge in [-0.05, 0) is 37.0 Å². The monoisotopic (exact) mass is 310 g/mol. The van der Waals surface area contributed by atoms with E-state index in [1.165, 1.54) is 5.56 Å². The molecule has 1 atom stereocenters. The van der Waals surface area contributed by atoms with Gasteiger partial charge in [0.1, 0.15) is 12.4 Å². The summed E-state index contributed by atoms with van der Waals surface area (Å²) in [6.45, 7) is 10.7. The van der Waals surface area contributed by atoms with E-state index in [1.54, 1.807) is 0 Å². The first kappa shape index (κ1) is 18.9. The first-order chi connectivity index (χ1) is 10.8. The number of ether oxygens (including phenoxy) is 4. The number of rotatable bonds is 13. The molecule has 1 aromatic rings. The molecule has 0 spiro atoms. The van der Waals surface area contributed by atoms with Crippen LogP contribution in [0.1, 0.15) is 38.7 Å². The molecule has 0 aliphatic heterocycles. The van der Waals surface area contributed by atoms with Crippen LogP contribution in [0.3, 0.4) is 0 Å². The molecular weight excluding hydrogens is 280 g/mol. The van der Waals surface area contributed by atoms with Crippen LogP contribution < -0.4 is 4.74 Å². The molecule has 0 saturated carbocycles. The summed E-state index contributed by atoms with van der Waals surface area (Å²) in [7, 11) is 0. The van der Waals surface area contributed by atoms with Crippen LogP contribution in [0.5, 0.6) is 5.75 Å². The second-order valence-electron chi connectivity index (χ2n) is 5.15. The van der Waals surface area contributed by atoms with Crippen LogP contribution >= 0.6 is 0 Å². The fraction of sp³-hybridized carbons (Fsp3) is 0.667. The smallest absolute Gasteiger partial charge is 0.119 e. The van der Waals surface area contributed by atoms with Crippen molar-refractivity contribution in [2.75, 3.05) is 46.2 Å². The Labute approximate surface area is 134 Å². The van der Waals surface area contributed by atoms with Crippen LogP contribution in [0.15, 0.2) is 24.3 Å². The summed E-state index contributed by atoms with van der Waals surface area (Å²) < 4.78 is 21.6. The highest BCUT2D eigenvalue weighted by molar-refractivity contribution is 5.29. The van der Waals surface area contributed by atoms with Gasteiger partial charge in [0.05, 0.1) is 33.0 Å². The van der Waals surface area contributed by atoms with Crippen molar-refractivity contribution in [2.24, 2.45) is 0 Å². The van der Waals surface area contributed by atoms with Crippen LogP contribution in [0.2, 0.25) is 0 Å². The van der Waals surface area contributed by atoms with Gasteiger partial charge in [-0.3, -0.25) is 0 Å². The molecule has 4 heteroatoms. The zero-order chi connectivity index (χ0) is 16.0. The van der Waals surface area contributed by atoms with E-state index < -0.39 is 0 Å². The normalized spacial score (nSPS) is 12.3. The molecular formula is C18H30O4. The molecule has 1 aromatic carbocycles. The minimum Gasteiger partial charge on any atom is -0.491 e. The standard InChI is InChI=1S/C18H30O4/c1-4-16(3)17-6-8-18(9-7-17)22-15-14-21-13-12-20-11-10-19-5-2/h6-9,16H,4-5,10-15H2,1-3H3. The quantitative estimate of drug-likeness (QED) is 0.521. The van der Waals surface area contributed by atoms with Gasteiger partial charge in [-0.1, -0.05) is 26.0 Å². The van der Waals surface area contributed by atoms with E-state index in [1.807, 2.05) is 19.1 Å². The topological polar surface area (TPSA) is 36.9 Å². The highest BCUT2D eigenvalue weighted by Gasteiger charge is 2.02. The molecule has 0 aliphatic carbocycles. The van der Waals surface area contributed by atoms with Gasteiger partial charge in [0.2, 0.25) is 0 Å². The zero-order valence-electron chi connectivity index (χ0n) is 14.2. The van der Waals surface area contributed by atoms with Gasteiger partial charge in [0.25, 0.3) is 0 Å². The molecule has 126 valence electrons. The van der Waals surface area contributed by atoms with Crippen molar-refractivity contribution in [1.29, 1.82) is 0 Å². The van der Waals surface area contributed by atoms with Crippen LogP contribution in [-0.2, 0) is 14.2 Å². The van der Waals surface area contributed by atoms with E-state index in [2.05, 4.69) is 26.0 Å². The Kier molecular flexibility index (Phi) is 10.7. The van der Waals surface area contributed by atoms with Gasteiger partial charge < -0.3 is 18.9 Å². The van der Waals surface area contributed by atoms with Gasteiger partial charge in [0.15, 0.2) is 0 Å². The molecule has 0 bridgehead atoms. The molecule has 0 fully saturated rings. The van der Waals surface area contributed by atoms with Crippen molar-refractivity contribution in [1.82, 2.24) is 0 Å². The lowest BCUT2D eigenvalue weighted by atomic mass is 9.99. The first-order valence-corrected chi connectivity index (χ1v) is 8.23. The minimum absolute atomic E-state index is 0.557. The SMILES string of the molecule is CCOCCOCCOCCOc1ccc(C(C)CC)cc1. The predicted octanol–water partition coefficient (Wildman–Crippen LogP) is 3.65. The average molecular weight is 310 g/mol. The highest BCUT2D eigenvalue weighted by Crippen LogP contribution is 2.21. The third kappa shape index (κ3) is 8.37. The lowest BCUT2D eigenvalue weighted by Gasteiger charge is -2.11. The largest absolute Gasteiger partial charge is 0.491 e. The molecule has 0 N–H and O–H groups in total. The van der Waals surface area contributed by atoms with Gasteiger partial charge >= 0.3 is 0 Å². The predicted molar refractivity (Wildman–Crippen MR) is 88.8 cm³/mol. The Hall–Kier alpha value is -1.10. The fourth-order valence-electron chi connectivity index (χ4n) is 1.93. The van der Waals surface area contributed by atoms with Crippen LogP contribution in [-0.4, -0.2) is 46.2 Å². The maximum Gasteiger partial charge on any atom is 0.119 e. The van der Waals surface area contributed by atoms with Crippen molar-refractivity contribution >= 4 is 0 Å². The Morgan fingerprint density at radius 2 is 1.32 bits per heavy atom. The molecule has 0 aromatic heterocycles. The molecule has 0 amide bonds. The summed E-state index contributed by atoms with van der Waals surface area (Å²) in [5.74, 6) is 1.49. The van der Waals surface area contributed by atoms with Crippen molar-refractivity contribution in [3.05, 3.63) is 29.8 Å². The number of hydrogen-bond acceptors (Lipinski definition) is 4. The maximum atomic E-state index is 5.65. The van der Waals surface area contributed by atoms with Gasteiger partial charge in [-0.2, -0.15) is 0 Å². The summed E-state index contributed by atoms with van der Waals surface area (Å²) in [5, 5.41) is 0. The third-order valence-corrected chi connectivity index (χ3v) is 3.51. The lowest BCUT2D eigenvalue weighted by molar-refractivity contribution is 0.0114. The Morgan fingerprint density at radius 3 is 1.86 bits per heavy atom. The summed E-state index contributed by atoms with van der Waals surface area (Å²) in [6, 6.07) is 8.32. The minimum atomic E-state index is 0.557. The first-order valence-electron chi connectivity index (χ1n) is 8.23. The number of benzene rings is 1. The van der Waals surface area contributed by atoms with Crippen molar-refractivity contribution < 1.29 is 18.9 Å². The second kappa shape index (κ2) is 12.4. The summed E-state index contributed by atoms with van der Waals surface area (Å²) in [5.41, 5.74) is 1.36. The molecule has 0 aliphatic rings. The summed E-state index contributed by atoms with van der Waals surface area (Å²) in [6.07, 6.45) is 1.15. The molecule has 0 heterocycles.